The zero-order valence-corrected chi connectivity index (χ0v) is 11.5. The first-order valence-corrected chi connectivity index (χ1v) is 6.25. The van der Waals surface area contributed by atoms with E-state index in [9.17, 15) is 14.7 Å². The van der Waals surface area contributed by atoms with Crippen LogP contribution in [0.2, 0.25) is 5.02 Å². The number of halogens is 1. The molecule has 1 aromatic carbocycles. The third kappa shape index (κ3) is 3.86. The van der Waals surface area contributed by atoms with E-state index in [-0.39, 0.29) is 22.4 Å². The Balaban J connectivity index is 3.11. The third-order valence-electron chi connectivity index (χ3n) is 2.87. The lowest BCUT2D eigenvalue weighted by molar-refractivity contribution is -0.138. The molecule has 0 aliphatic rings. The summed E-state index contributed by atoms with van der Waals surface area (Å²) in [6, 6.07) is 3.77. The van der Waals surface area contributed by atoms with Gasteiger partial charge in [-0.3, -0.25) is 9.59 Å². The van der Waals surface area contributed by atoms with Crippen LogP contribution >= 0.6 is 11.6 Å². The van der Waals surface area contributed by atoms with Gasteiger partial charge in [-0.15, -0.1) is 0 Å². The van der Waals surface area contributed by atoms with Gasteiger partial charge < -0.3 is 15.1 Å². The van der Waals surface area contributed by atoms with Crippen LogP contribution in [0.15, 0.2) is 18.2 Å². The molecule has 5 nitrogen and oxygen atoms in total. The predicted molar refractivity (Wildman–Crippen MR) is 71.5 cm³/mol. The van der Waals surface area contributed by atoms with Crippen LogP contribution in [0, 0.1) is 0 Å². The molecule has 0 aliphatic heterocycles. The number of rotatable bonds is 5. The zero-order valence-electron chi connectivity index (χ0n) is 10.8. The highest BCUT2D eigenvalue weighted by Gasteiger charge is 2.24. The molecule has 0 aliphatic carbocycles. The van der Waals surface area contributed by atoms with Crippen LogP contribution in [0.25, 0.3) is 0 Å². The minimum Gasteiger partial charge on any atom is -0.508 e. The molecule has 0 fully saturated rings. The van der Waals surface area contributed by atoms with Crippen molar-refractivity contribution >= 4 is 23.5 Å². The van der Waals surface area contributed by atoms with E-state index in [1.54, 1.807) is 6.92 Å². The second kappa shape index (κ2) is 6.43. The maximum Gasteiger partial charge on any atom is 0.323 e. The number of carboxylic acid groups (broad SMARTS) is 1. The second-order valence-electron chi connectivity index (χ2n) is 4.25. The van der Waals surface area contributed by atoms with Gasteiger partial charge in [0.1, 0.15) is 12.3 Å². The van der Waals surface area contributed by atoms with Crippen molar-refractivity contribution in [1.29, 1.82) is 0 Å². The van der Waals surface area contributed by atoms with Crippen molar-refractivity contribution in [3.8, 4) is 5.75 Å². The number of phenols is 1. The lowest BCUT2D eigenvalue weighted by Crippen LogP contribution is -2.41. The average molecular weight is 286 g/mol. The molecule has 2 N–H and O–H groups in total. The quantitative estimate of drug-likeness (QED) is 0.870. The van der Waals surface area contributed by atoms with Gasteiger partial charge >= 0.3 is 5.97 Å². The highest BCUT2D eigenvalue weighted by Crippen LogP contribution is 2.23. The van der Waals surface area contributed by atoms with Crippen molar-refractivity contribution < 1.29 is 19.8 Å². The van der Waals surface area contributed by atoms with Crippen LogP contribution in [0.3, 0.4) is 0 Å². The van der Waals surface area contributed by atoms with E-state index in [4.69, 9.17) is 16.7 Å². The Morgan fingerprint density at radius 1 is 1.42 bits per heavy atom. The summed E-state index contributed by atoms with van der Waals surface area (Å²) >= 11 is 5.91. The molecule has 104 valence electrons. The molecule has 19 heavy (non-hydrogen) atoms. The summed E-state index contributed by atoms with van der Waals surface area (Å²) in [5.41, 5.74) is 0.100. The van der Waals surface area contributed by atoms with E-state index in [0.717, 1.165) is 0 Å². The van der Waals surface area contributed by atoms with Crippen molar-refractivity contribution in [1.82, 2.24) is 4.90 Å². The van der Waals surface area contributed by atoms with E-state index in [2.05, 4.69) is 0 Å². The smallest absolute Gasteiger partial charge is 0.323 e. The van der Waals surface area contributed by atoms with Gasteiger partial charge in [-0.25, -0.2) is 0 Å². The van der Waals surface area contributed by atoms with Crippen LogP contribution in [0.1, 0.15) is 30.6 Å². The van der Waals surface area contributed by atoms with Crippen molar-refractivity contribution in [2.24, 2.45) is 0 Å². The second-order valence-corrected chi connectivity index (χ2v) is 4.66. The summed E-state index contributed by atoms with van der Waals surface area (Å²) in [5.74, 6) is -1.69. The summed E-state index contributed by atoms with van der Waals surface area (Å²) in [6.45, 7) is 3.22. The molecule has 1 aromatic rings. The fourth-order valence-corrected chi connectivity index (χ4v) is 1.82. The molecule has 1 rings (SSSR count). The topological polar surface area (TPSA) is 77.8 Å². The van der Waals surface area contributed by atoms with Gasteiger partial charge in [-0.05, 0) is 31.5 Å². The van der Waals surface area contributed by atoms with Crippen molar-refractivity contribution in [3.63, 3.8) is 0 Å². The number of hydrogen-bond donors (Lipinski definition) is 2. The number of carbonyl (C=O) groups excluding carboxylic acids is 1. The molecule has 0 bridgehead atoms. The number of aromatic hydroxyl groups is 1. The number of aliphatic carboxylic acids is 1. The Kier molecular flexibility index (Phi) is 5.18. The number of nitrogens with zero attached hydrogens (tertiary/aromatic N) is 1. The Bertz CT molecular complexity index is 490. The summed E-state index contributed by atoms with van der Waals surface area (Å²) in [7, 11) is 0. The normalized spacial score (nSPS) is 11.9. The minimum atomic E-state index is -1.09. The first-order valence-electron chi connectivity index (χ1n) is 5.88. The molecule has 6 heteroatoms. The van der Waals surface area contributed by atoms with Gasteiger partial charge in [0, 0.05) is 6.04 Å². The monoisotopic (exact) mass is 285 g/mol. The Labute approximate surface area is 116 Å². The van der Waals surface area contributed by atoms with Gasteiger partial charge in [0.05, 0.1) is 10.6 Å². The standard InChI is InChI=1S/C13H16ClNO4/c1-3-8(2)15(7-12(17)18)13(19)10-6-9(16)4-5-11(10)14/h4-6,8,16H,3,7H2,1-2H3,(H,17,18). The van der Waals surface area contributed by atoms with Crippen LogP contribution in [-0.4, -0.2) is 39.6 Å². The van der Waals surface area contributed by atoms with Crippen LogP contribution < -0.4 is 0 Å². The number of benzene rings is 1. The molecule has 1 unspecified atom stereocenters. The van der Waals surface area contributed by atoms with Gasteiger partial charge in [0.2, 0.25) is 0 Å². The van der Waals surface area contributed by atoms with Gasteiger partial charge in [-0.1, -0.05) is 18.5 Å². The third-order valence-corrected chi connectivity index (χ3v) is 3.20. The van der Waals surface area contributed by atoms with Gasteiger partial charge in [0.15, 0.2) is 0 Å². The largest absolute Gasteiger partial charge is 0.508 e. The fraction of sp³-hybridized carbons (Fsp3) is 0.385. The van der Waals surface area contributed by atoms with Gasteiger partial charge in [-0.2, -0.15) is 0 Å². The summed E-state index contributed by atoms with van der Waals surface area (Å²) in [6.07, 6.45) is 0.620. The van der Waals surface area contributed by atoms with Crippen LogP contribution in [0.5, 0.6) is 5.75 Å². The van der Waals surface area contributed by atoms with Crippen LogP contribution in [-0.2, 0) is 4.79 Å². The SMILES string of the molecule is CCC(C)N(CC(=O)O)C(=O)c1cc(O)ccc1Cl. The number of amides is 1. The molecular weight excluding hydrogens is 270 g/mol. The van der Waals surface area contributed by atoms with Crippen molar-refractivity contribution in [2.45, 2.75) is 26.3 Å². The summed E-state index contributed by atoms with van der Waals surface area (Å²) in [5, 5.41) is 18.5. The highest BCUT2D eigenvalue weighted by molar-refractivity contribution is 6.33. The van der Waals surface area contributed by atoms with E-state index in [1.165, 1.54) is 23.1 Å². The molecule has 1 amide bonds. The highest BCUT2D eigenvalue weighted by atomic mass is 35.5. The number of carboxylic acids is 1. The maximum absolute atomic E-state index is 12.3. The lowest BCUT2D eigenvalue weighted by atomic mass is 10.1. The minimum absolute atomic E-state index is 0.0906. The van der Waals surface area contributed by atoms with E-state index in [0.29, 0.717) is 6.42 Å². The number of phenolic OH excluding ortho intramolecular Hbond substituents is 1. The van der Waals surface area contributed by atoms with Gasteiger partial charge in [0.25, 0.3) is 5.91 Å². The molecule has 0 heterocycles. The zero-order chi connectivity index (χ0) is 14.6. The number of carbonyl (C=O) groups is 2. The predicted octanol–water partition coefficient (Wildman–Crippen LogP) is 2.37. The first kappa shape index (κ1) is 15.3. The Hall–Kier alpha value is -1.75. The lowest BCUT2D eigenvalue weighted by Gasteiger charge is -2.27. The maximum atomic E-state index is 12.3. The van der Waals surface area contributed by atoms with E-state index >= 15 is 0 Å². The molecule has 0 spiro atoms. The average Bonchev–Trinajstić information content (AvgIpc) is 2.37. The Morgan fingerprint density at radius 3 is 2.58 bits per heavy atom. The molecule has 0 saturated heterocycles. The van der Waals surface area contributed by atoms with Crippen LogP contribution in [0.4, 0.5) is 0 Å². The summed E-state index contributed by atoms with van der Waals surface area (Å²) < 4.78 is 0. The van der Waals surface area contributed by atoms with E-state index < -0.39 is 18.4 Å². The molecular formula is C13H16ClNO4. The fourth-order valence-electron chi connectivity index (χ4n) is 1.63. The van der Waals surface area contributed by atoms with E-state index in [1.807, 2.05) is 6.92 Å². The first-order chi connectivity index (χ1) is 8.86. The number of hydrogen-bond acceptors (Lipinski definition) is 3. The molecule has 1 atom stereocenters. The molecule has 0 saturated carbocycles. The Morgan fingerprint density at radius 2 is 2.05 bits per heavy atom. The molecule has 0 radical (unpaired) electrons. The van der Waals surface area contributed by atoms with Crippen molar-refractivity contribution in [3.05, 3.63) is 28.8 Å². The molecule has 0 aromatic heterocycles. The summed E-state index contributed by atoms with van der Waals surface area (Å²) in [4.78, 5) is 24.4. The van der Waals surface area contributed by atoms with Crippen molar-refractivity contribution in [2.75, 3.05) is 6.54 Å².